The van der Waals surface area contributed by atoms with Crippen LogP contribution in [0.25, 0.3) is 5.31 Å². The van der Waals surface area contributed by atoms with Crippen molar-refractivity contribution in [2.24, 2.45) is 0 Å². The molecular formula is C23H31OP. The van der Waals surface area contributed by atoms with Gasteiger partial charge in [-0.05, 0) is 75.0 Å². The van der Waals surface area contributed by atoms with Gasteiger partial charge in [-0.2, -0.15) is 0 Å². The van der Waals surface area contributed by atoms with Crippen molar-refractivity contribution in [1.82, 2.24) is 0 Å². The standard InChI is InChI=1S/C23H31OP/c1-11-16(4)22(17(5)12-2)20(8)25(10,24)21(9)23-18(6)13-15(3)14-19(23)7/h11-14,24H,1,8-10H2,2-7H3/b17-12-,22-16+. The number of allylic oxidation sites excluding steroid dienone is 6. The van der Waals surface area contributed by atoms with Crippen molar-refractivity contribution in [3.05, 3.63) is 88.3 Å². The van der Waals surface area contributed by atoms with E-state index in [2.05, 4.69) is 45.1 Å². The third-order valence-corrected chi connectivity index (χ3v) is 6.91. The molecule has 0 aliphatic heterocycles. The molecule has 0 aromatic heterocycles. The Morgan fingerprint density at radius 3 is 1.96 bits per heavy atom. The fourth-order valence-electron chi connectivity index (χ4n) is 3.18. The molecule has 25 heavy (non-hydrogen) atoms. The smallest absolute Gasteiger partial charge is 0.0529 e. The van der Waals surface area contributed by atoms with Crippen molar-refractivity contribution in [3.8, 4) is 0 Å². The maximum absolute atomic E-state index is 11.4. The van der Waals surface area contributed by atoms with Crippen LogP contribution in [0.4, 0.5) is 0 Å². The Bertz CT molecular complexity index is 824. The van der Waals surface area contributed by atoms with Gasteiger partial charge in [0.1, 0.15) is 0 Å². The molecule has 1 rings (SSSR count). The molecule has 0 heterocycles. The van der Waals surface area contributed by atoms with E-state index in [-0.39, 0.29) is 0 Å². The second-order valence-corrected chi connectivity index (χ2v) is 9.29. The highest BCUT2D eigenvalue weighted by atomic mass is 31.2. The molecule has 0 aliphatic rings. The first-order chi connectivity index (χ1) is 11.5. The molecule has 0 saturated carbocycles. The Balaban J connectivity index is 3.56. The van der Waals surface area contributed by atoms with Gasteiger partial charge in [0.05, 0.1) is 7.11 Å². The number of hydrogen-bond donors (Lipinski definition) is 1. The molecule has 1 N–H and O–H groups in total. The fourth-order valence-corrected chi connectivity index (χ4v) is 4.95. The first-order valence-corrected chi connectivity index (χ1v) is 10.3. The predicted octanol–water partition coefficient (Wildman–Crippen LogP) is 6.92. The number of benzene rings is 1. The summed E-state index contributed by atoms with van der Waals surface area (Å²) in [4.78, 5) is 11.4. The van der Waals surface area contributed by atoms with Gasteiger partial charge < -0.3 is 4.89 Å². The summed E-state index contributed by atoms with van der Waals surface area (Å²) in [6, 6.07) is 4.22. The summed E-state index contributed by atoms with van der Waals surface area (Å²) in [6.45, 7) is 24.4. The highest BCUT2D eigenvalue weighted by Crippen LogP contribution is 2.63. The molecule has 2 heteroatoms. The predicted molar refractivity (Wildman–Crippen MR) is 117 cm³/mol. The zero-order valence-electron chi connectivity index (χ0n) is 16.5. The van der Waals surface area contributed by atoms with Crippen LogP contribution in [-0.4, -0.2) is 11.2 Å². The molecule has 0 bridgehead atoms. The third kappa shape index (κ3) is 4.24. The summed E-state index contributed by atoms with van der Waals surface area (Å²) < 4.78 is 0. The lowest BCUT2D eigenvalue weighted by Crippen LogP contribution is -2.01. The van der Waals surface area contributed by atoms with E-state index in [1.54, 1.807) is 6.08 Å². The molecule has 134 valence electrons. The third-order valence-electron chi connectivity index (χ3n) is 4.68. The van der Waals surface area contributed by atoms with E-state index in [9.17, 15) is 4.89 Å². The first-order valence-electron chi connectivity index (χ1n) is 8.39. The van der Waals surface area contributed by atoms with Gasteiger partial charge >= 0.3 is 0 Å². The molecule has 0 spiro atoms. The quantitative estimate of drug-likeness (QED) is 0.434. The van der Waals surface area contributed by atoms with Crippen LogP contribution in [0.5, 0.6) is 0 Å². The van der Waals surface area contributed by atoms with E-state index >= 15 is 0 Å². The van der Waals surface area contributed by atoms with E-state index < -0.39 is 7.11 Å². The summed E-state index contributed by atoms with van der Waals surface area (Å²) in [6.07, 6.45) is 7.98. The van der Waals surface area contributed by atoms with Crippen LogP contribution in [0.3, 0.4) is 0 Å². The minimum absolute atomic E-state index is 0.643. The second-order valence-electron chi connectivity index (χ2n) is 6.67. The largest absolute Gasteiger partial charge is 0.368 e. The van der Waals surface area contributed by atoms with Gasteiger partial charge in [0, 0.05) is 10.6 Å². The molecule has 1 unspecified atom stereocenters. The topological polar surface area (TPSA) is 20.2 Å². The van der Waals surface area contributed by atoms with Crippen LogP contribution in [0.1, 0.15) is 43.0 Å². The molecule has 0 fully saturated rings. The average Bonchev–Trinajstić information content (AvgIpc) is 2.53. The number of aryl methyl sites for hydroxylation is 3. The second kappa shape index (κ2) is 8.04. The zero-order chi connectivity index (χ0) is 19.5. The molecule has 0 aliphatic carbocycles. The van der Waals surface area contributed by atoms with Crippen molar-refractivity contribution in [3.63, 3.8) is 0 Å². The van der Waals surface area contributed by atoms with Crippen LogP contribution < -0.4 is 0 Å². The molecule has 0 radical (unpaired) electrons. The van der Waals surface area contributed by atoms with Crippen LogP contribution in [-0.2, 0) is 0 Å². The Morgan fingerprint density at radius 1 is 1.08 bits per heavy atom. The monoisotopic (exact) mass is 354 g/mol. The van der Waals surface area contributed by atoms with Crippen LogP contribution in [0, 0.1) is 20.8 Å². The molecule has 1 atom stereocenters. The molecule has 1 aromatic carbocycles. The normalized spacial score (nSPS) is 15.2. The first kappa shape index (κ1) is 21.2. The highest BCUT2D eigenvalue weighted by Gasteiger charge is 2.26. The van der Waals surface area contributed by atoms with Gasteiger partial charge in [0.2, 0.25) is 0 Å². The lowest BCUT2D eigenvalue weighted by molar-refractivity contribution is 0.639. The van der Waals surface area contributed by atoms with Crippen molar-refractivity contribution < 1.29 is 4.89 Å². The average molecular weight is 354 g/mol. The van der Waals surface area contributed by atoms with Crippen molar-refractivity contribution in [2.45, 2.75) is 41.5 Å². The maximum Gasteiger partial charge on any atom is 0.0529 e. The molecule has 1 nitrogen and oxygen atoms in total. The van der Waals surface area contributed by atoms with Gasteiger partial charge in [-0.15, -0.1) is 0 Å². The number of rotatable bonds is 6. The lowest BCUT2D eigenvalue weighted by Gasteiger charge is -2.28. The van der Waals surface area contributed by atoms with Crippen LogP contribution >= 0.6 is 7.11 Å². The Labute approximate surface area is 153 Å². The van der Waals surface area contributed by atoms with Crippen molar-refractivity contribution in [1.29, 1.82) is 0 Å². The summed E-state index contributed by atoms with van der Waals surface area (Å²) in [5, 5.41) is 1.32. The maximum atomic E-state index is 11.4. The van der Waals surface area contributed by atoms with E-state index in [4.69, 9.17) is 0 Å². The van der Waals surface area contributed by atoms with Gasteiger partial charge in [-0.3, -0.25) is 0 Å². The molecular weight excluding hydrogens is 323 g/mol. The van der Waals surface area contributed by atoms with Gasteiger partial charge in [-0.1, -0.05) is 55.9 Å². The van der Waals surface area contributed by atoms with E-state index in [1.807, 2.05) is 40.7 Å². The minimum atomic E-state index is -2.89. The summed E-state index contributed by atoms with van der Waals surface area (Å²) in [5.74, 6) is 0. The fraction of sp³-hybridized carbons (Fsp3) is 0.261. The van der Waals surface area contributed by atoms with E-state index in [1.165, 1.54) is 5.56 Å². The zero-order valence-corrected chi connectivity index (χ0v) is 17.4. The van der Waals surface area contributed by atoms with Crippen LogP contribution in [0.15, 0.2) is 66.1 Å². The minimum Gasteiger partial charge on any atom is -0.368 e. The molecule has 0 saturated heterocycles. The van der Waals surface area contributed by atoms with Crippen molar-refractivity contribution >= 4 is 18.7 Å². The molecule has 1 aromatic rings. The Kier molecular flexibility index (Phi) is 6.82. The summed E-state index contributed by atoms with van der Waals surface area (Å²) >= 11 is 0. The van der Waals surface area contributed by atoms with Crippen LogP contribution in [0.2, 0.25) is 0 Å². The number of hydrogen-bond acceptors (Lipinski definition) is 1. The summed E-state index contributed by atoms with van der Waals surface area (Å²) in [7, 11) is -2.89. The van der Waals surface area contributed by atoms with E-state index in [0.29, 0.717) is 10.6 Å². The van der Waals surface area contributed by atoms with Gasteiger partial charge in [0.15, 0.2) is 0 Å². The van der Waals surface area contributed by atoms with Gasteiger partial charge in [-0.25, -0.2) is 0 Å². The lowest BCUT2D eigenvalue weighted by atomic mass is 10.00. The Morgan fingerprint density at radius 2 is 1.56 bits per heavy atom. The summed E-state index contributed by atoms with van der Waals surface area (Å²) in [5.41, 5.74) is 7.35. The van der Waals surface area contributed by atoms with Gasteiger partial charge in [0.25, 0.3) is 0 Å². The SMILES string of the molecule is C=C/C(C)=C(C(=C)P(=C)(O)C(=C)c1c(C)cc(C)cc1C)\C(C)=C/C. The Hall–Kier alpha value is -1.82. The molecule has 0 amide bonds. The van der Waals surface area contributed by atoms with E-state index in [0.717, 1.165) is 33.4 Å². The van der Waals surface area contributed by atoms with Crippen molar-refractivity contribution in [2.75, 3.05) is 0 Å². The highest BCUT2D eigenvalue weighted by molar-refractivity contribution is 7.82.